The van der Waals surface area contributed by atoms with Crippen LogP contribution >= 0.6 is 0 Å². The van der Waals surface area contributed by atoms with Crippen molar-refractivity contribution < 1.29 is 9.47 Å². The van der Waals surface area contributed by atoms with Gasteiger partial charge >= 0.3 is 0 Å². The van der Waals surface area contributed by atoms with E-state index in [0.29, 0.717) is 0 Å². The summed E-state index contributed by atoms with van der Waals surface area (Å²) in [5.74, 6) is 3.35. The third-order valence-corrected chi connectivity index (χ3v) is 20.1. The molecule has 15 rings (SSSR count). The minimum atomic E-state index is -2.79. The number of benzene rings is 11. The number of ether oxygens (including phenoxy) is 2. The molecule has 0 amide bonds. The molecular weight excluding hydrogens is 892 g/mol. The maximum absolute atomic E-state index is 7.26. The van der Waals surface area contributed by atoms with Crippen molar-refractivity contribution in [2.45, 2.75) is 0 Å². The number of aromatic nitrogens is 2. The van der Waals surface area contributed by atoms with Gasteiger partial charge in [0.2, 0.25) is 0 Å². The Kier molecular flexibility index (Phi) is 9.04. The van der Waals surface area contributed by atoms with E-state index in [4.69, 9.17) is 9.47 Å². The van der Waals surface area contributed by atoms with Crippen molar-refractivity contribution in [3.63, 3.8) is 0 Å². The molecule has 0 saturated carbocycles. The van der Waals surface area contributed by atoms with Crippen molar-refractivity contribution >= 4 is 95.5 Å². The van der Waals surface area contributed by atoms with E-state index in [1.54, 1.807) is 0 Å². The van der Waals surface area contributed by atoms with Gasteiger partial charge in [0.15, 0.2) is 8.07 Å². The molecule has 0 N–H and O–H groups in total. The maximum atomic E-state index is 7.26. The van der Waals surface area contributed by atoms with Gasteiger partial charge in [-0.25, -0.2) is 0 Å². The Morgan fingerprint density at radius 2 is 0.778 bits per heavy atom. The van der Waals surface area contributed by atoms with E-state index < -0.39 is 8.07 Å². The van der Waals surface area contributed by atoms with Gasteiger partial charge in [-0.05, 0) is 103 Å². The van der Waals surface area contributed by atoms with Crippen LogP contribution in [0.5, 0.6) is 23.0 Å². The molecule has 0 aliphatic carbocycles. The van der Waals surface area contributed by atoms with Crippen LogP contribution in [0.1, 0.15) is 0 Å². The second kappa shape index (κ2) is 16.0. The molecule has 0 radical (unpaired) electrons. The third kappa shape index (κ3) is 6.00. The van der Waals surface area contributed by atoms with Gasteiger partial charge in [-0.1, -0.05) is 194 Å². The molecule has 4 nitrogen and oxygen atoms in total. The van der Waals surface area contributed by atoms with Crippen LogP contribution in [0.15, 0.2) is 261 Å². The van der Waals surface area contributed by atoms with E-state index in [9.17, 15) is 0 Å². The lowest BCUT2D eigenvalue weighted by Crippen LogP contribution is -2.74. The molecule has 72 heavy (non-hydrogen) atoms. The first-order chi connectivity index (χ1) is 35.7. The predicted octanol–water partition coefficient (Wildman–Crippen LogP) is 11.7. The highest BCUT2D eigenvalue weighted by molar-refractivity contribution is 7.20. The van der Waals surface area contributed by atoms with E-state index in [-0.39, 0.29) is 6.71 Å². The smallest absolute Gasteiger partial charge is 0.260 e. The van der Waals surface area contributed by atoms with Crippen LogP contribution in [-0.2, 0) is 0 Å². The lowest BCUT2D eigenvalue weighted by molar-refractivity contribution is 0.465. The summed E-state index contributed by atoms with van der Waals surface area (Å²) in [5, 5.41) is 10.2. The fourth-order valence-electron chi connectivity index (χ4n) is 12.3. The summed E-state index contributed by atoms with van der Waals surface area (Å²) < 4.78 is 19.0. The molecule has 13 aromatic rings. The Balaban J connectivity index is 0.911. The number of rotatable bonds is 7. The minimum Gasteiger partial charge on any atom is -0.458 e. The van der Waals surface area contributed by atoms with Crippen LogP contribution in [0.4, 0.5) is 0 Å². The molecule has 0 atom stereocenters. The summed E-state index contributed by atoms with van der Waals surface area (Å²) in [6.45, 7) is -0.0747. The highest BCUT2D eigenvalue weighted by Crippen LogP contribution is 2.42. The zero-order valence-electron chi connectivity index (χ0n) is 39.1. The first-order valence-electron chi connectivity index (χ1n) is 24.8. The van der Waals surface area contributed by atoms with Crippen LogP contribution in [0, 0.1) is 0 Å². The summed E-state index contributed by atoms with van der Waals surface area (Å²) in [6, 6.07) is 95.4. The third-order valence-electron chi connectivity index (χ3n) is 15.4. The molecule has 0 fully saturated rings. The van der Waals surface area contributed by atoms with Gasteiger partial charge in [-0.15, -0.1) is 0 Å². The Morgan fingerprint density at radius 1 is 0.292 bits per heavy atom. The van der Waals surface area contributed by atoms with E-state index in [2.05, 4.69) is 270 Å². The first kappa shape index (κ1) is 40.8. The molecule has 4 heterocycles. The van der Waals surface area contributed by atoms with Crippen molar-refractivity contribution in [3.8, 4) is 45.5 Å². The van der Waals surface area contributed by atoms with Crippen molar-refractivity contribution in [2.24, 2.45) is 0 Å². The summed E-state index contributed by atoms with van der Waals surface area (Å²) >= 11 is 0. The molecule has 0 saturated heterocycles. The van der Waals surface area contributed by atoms with Crippen molar-refractivity contribution in [2.75, 3.05) is 0 Å². The molecule has 0 unspecified atom stereocenters. The fourth-order valence-corrected chi connectivity index (χ4v) is 17.1. The number of hydrogen-bond donors (Lipinski definition) is 0. The second-order valence-corrected chi connectivity index (χ2v) is 22.9. The topological polar surface area (TPSA) is 28.3 Å². The fraction of sp³-hybridized carbons (Fsp3) is 0. The second-order valence-electron chi connectivity index (χ2n) is 19.1. The number of hydrogen-bond acceptors (Lipinski definition) is 2. The monoisotopic (exact) mass is 934 g/mol. The van der Waals surface area contributed by atoms with Crippen LogP contribution in [-0.4, -0.2) is 23.9 Å². The van der Waals surface area contributed by atoms with Gasteiger partial charge in [0, 0.05) is 44.4 Å². The summed E-state index contributed by atoms with van der Waals surface area (Å²) in [6.07, 6.45) is 0. The Hall–Kier alpha value is -9.10. The quantitative estimate of drug-likeness (QED) is 0.118. The summed E-state index contributed by atoms with van der Waals surface area (Å²) in [5.41, 5.74) is 12.3. The maximum Gasteiger partial charge on any atom is 0.260 e. The van der Waals surface area contributed by atoms with Crippen LogP contribution in [0.2, 0.25) is 0 Å². The molecule has 0 bridgehead atoms. The van der Waals surface area contributed by atoms with E-state index >= 15 is 0 Å². The first-order valence-corrected chi connectivity index (χ1v) is 26.8. The van der Waals surface area contributed by atoms with Gasteiger partial charge in [0.1, 0.15) is 23.0 Å². The standard InChI is InChI=1S/C66H43BN2O2Si/c1-5-21-46(22-6-1)68-58-33-16-13-30-52(58)54-43-61-55(42-60(54)68)53-31-14-17-34-59(53)69(61)47-36-37-57-63(41-47)71-65-40-45(39-64-66(65)67(57)56-32-15-18-35-62(56)70-64)44-20-19-29-51(38-44)72(48-23-7-2-8-24-48,49-25-9-3-10-26-49)50-27-11-4-12-28-50/h1-43H. The largest absolute Gasteiger partial charge is 0.458 e. The minimum absolute atomic E-state index is 0.0747. The van der Waals surface area contributed by atoms with Crippen LogP contribution in [0.3, 0.4) is 0 Å². The van der Waals surface area contributed by atoms with E-state index in [1.807, 2.05) is 0 Å². The number of fused-ring (bicyclic) bond motifs is 10. The van der Waals surface area contributed by atoms with Gasteiger partial charge in [0.05, 0.1) is 22.1 Å². The average Bonchev–Trinajstić information content (AvgIpc) is 3.95. The Labute approximate surface area is 418 Å². The van der Waals surface area contributed by atoms with Gasteiger partial charge < -0.3 is 18.6 Å². The zero-order valence-corrected chi connectivity index (χ0v) is 40.1. The lowest BCUT2D eigenvalue weighted by Gasteiger charge is -2.35. The van der Waals surface area contributed by atoms with Crippen LogP contribution in [0.25, 0.3) is 66.1 Å². The van der Waals surface area contributed by atoms with E-state index in [0.717, 1.165) is 72.9 Å². The molecule has 2 aliphatic rings. The van der Waals surface area contributed by atoms with Crippen LogP contribution < -0.4 is 46.6 Å². The normalized spacial score (nSPS) is 12.6. The highest BCUT2D eigenvalue weighted by atomic mass is 28.3. The number of para-hydroxylation sites is 4. The Morgan fingerprint density at radius 3 is 1.39 bits per heavy atom. The number of nitrogens with zero attached hydrogens (tertiary/aromatic N) is 2. The summed E-state index contributed by atoms with van der Waals surface area (Å²) in [4.78, 5) is 0. The molecular formula is C66H43BN2O2Si. The van der Waals surface area contributed by atoms with Gasteiger partial charge in [-0.2, -0.15) is 0 Å². The predicted molar refractivity (Wildman–Crippen MR) is 302 cm³/mol. The molecule has 6 heteroatoms. The molecule has 2 aliphatic heterocycles. The summed E-state index contributed by atoms with van der Waals surface area (Å²) in [7, 11) is -2.79. The molecule has 2 aromatic heterocycles. The van der Waals surface area contributed by atoms with E-state index in [1.165, 1.54) is 53.3 Å². The SMILES string of the molecule is c1ccc(-n2c3ccccc3c3cc4c(cc32)c2ccccc2n4-c2ccc3c(c2)Oc2cc(-c4cccc([Si](c5ccccc5)(c5ccccc5)c5ccccc5)c4)cc4c2B3c2ccccc2O4)cc1. The van der Waals surface area contributed by atoms with Gasteiger partial charge in [-0.3, -0.25) is 0 Å². The lowest BCUT2D eigenvalue weighted by atomic mass is 9.35. The van der Waals surface area contributed by atoms with Crippen molar-refractivity contribution in [1.82, 2.24) is 9.13 Å². The van der Waals surface area contributed by atoms with Gasteiger partial charge in [0.25, 0.3) is 6.71 Å². The molecule has 11 aromatic carbocycles. The van der Waals surface area contributed by atoms with Crippen molar-refractivity contribution in [3.05, 3.63) is 261 Å². The zero-order chi connectivity index (χ0) is 47.3. The highest BCUT2D eigenvalue weighted by Gasteiger charge is 2.43. The Bertz CT molecular complexity index is 4190. The molecule has 0 spiro atoms. The van der Waals surface area contributed by atoms with Crippen molar-refractivity contribution in [1.29, 1.82) is 0 Å². The molecule has 336 valence electrons. The average molecular weight is 935 g/mol.